The van der Waals surface area contributed by atoms with Crippen LogP contribution in [0.25, 0.3) is 0 Å². The first-order valence-corrected chi connectivity index (χ1v) is 5.83. The lowest BCUT2D eigenvalue weighted by Gasteiger charge is -2.16. The second-order valence-corrected chi connectivity index (χ2v) is 4.26. The van der Waals surface area contributed by atoms with Gasteiger partial charge in [0.1, 0.15) is 0 Å². The highest BCUT2D eigenvalue weighted by molar-refractivity contribution is 7.80. The summed E-state index contributed by atoms with van der Waals surface area (Å²) in [5.74, 6) is 0. The molecule has 86 valence electrons. The van der Waals surface area contributed by atoms with Gasteiger partial charge in [0.05, 0.1) is 6.04 Å². The average Bonchev–Trinajstić information content (AvgIpc) is 2.27. The lowest BCUT2D eigenvalue weighted by atomic mass is 10.1. The van der Waals surface area contributed by atoms with Crippen LogP contribution < -0.4 is 10.6 Å². The minimum Gasteiger partial charge on any atom is -0.359 e. The molecule has 0 spiro atoms. The van der Waals surface area contributed by atoms with Crippen molar-refractivity contribution in [3.8, 4) is 0 Å². The Morgan fingerprint density at radius 1 is 1.50 bits per heavy atom. The van der Waals surface area contributed by atoms with Gasteiger partial charge >= 0.3 is 0 Å². The van der Waals surface area contributed by atoms with Crippen LogP contribution in [0.2, 0.25) is 5.02 Å². The van der Waals surface area contributed by atoms with Crippen molar-refractivity contribution >= 4 is 28.9 Å². The molecule has 2 N–H and O–H groups in total. The van der Waals surface area contributed by atoms with Gasteiger partial charge in [-0.2, -0.15) is 0 Å². The maximum Gasteiger partial charge on any atom is 0.167 e. The number of benzene rings is 1. The van der Waals surface area contributed by atoms with Crippen LogP contribution in [0.1, 0.15) is 18.5 Å². The van der Waals surface area contributed by atoms with E-state index < -0.39 is 0 Å². The smallest absolute Gasteiger partial charge is 0.167 e. The molecule has 16 heavy (non-hydrogen) atoms. The van der Waals surface area contributed by atoms with Crippen molar-refractivity contribution in [2.75, 3.05) is 6.54 Å². The van der Waals surface area contributed by atoms with Crippen LogP contribution in [0, 0.1) is 0 Å². The number of thiocarbonyl (C=S) groups is 1. The zero-order valence-corrected chi connectivity index (χ0v) is 10.7. The van der Waals surface area contributed by atoms with Crippen molar-refractivity contribution in [2.45, 2.75) is 13.0 Å². The van der Waals surface area contributed by atoms with Crippen LogP contribution in [-0.4, -0.2) is 11.7 Å². The molecule has 0 aliphatic rings. The molecule has 1 aromatic rings. The monoisotopic (exact) mass is 254 g/mol. The van der Waals surface area contributed by atoms with Gasteiger partial charge in [0, 0.05) is 11.6 Å². The Balaban J connectivity index is 2.51. The summed E-state index contributed by atoms with van der Waals surface area (Å²) in [5, 5.41) is 7.57. The minimum atomic E-state index is 0.155. The van der Waals surface area contributed by atoms with Gasteiger partial charge in [-0.1, -0.05) is 29.8 Å². The van der Waals surface area contributed by atoms with E-state index in [0.717, 1.165) is 10.6 Å². The van der Waals surface area contributed by atoms with Crippen molar-refractivity contribution in [1.82, 2.24) is 10.6 Å². The topological polar surface area (TPSA) is 24.1 Å². The Morgan fingerprint density at radius 2 is 2.12 bits per heavy atom. The third kappa shape index (κ3) is 4.21. The molecule has 0 saturated carbocycles. The maximum absolute atomic E-state index is 5.82. The molecule has 1 atom stereocenters. The van der Waals surface area contributed by atoms with E-state index in [-0.39, 0.29) is 6.04 Å². The second-order valence-electron chi connectivity index (χ2n) is 3.42. The summed E-state index contributed by atoms with van der Waals surface area (Å²) in [6, 6.07) is 7.86. The maximum atomic E-state index is 5.82. The zero-order chi connectivity index (χ0) is 12.0. The summed E-state index contributed by atoms with van der Waals surface area (Å²) in [6.07, 6.45) is 1.76. The molecule has 0 saturated heterocycles. The van der Waals surface area contributed by atoms with Gasteiger partial charge in [-0.3, -0.25) is 0 Å². The third-order valence-corrected chi connectivity index (χ3v) is 2.64. The number of hydrogen-bond donors (Lipinski definition) is 2. The quantitative estimate of drug-likeness (QED) is 0.638. The van der Waals surface area contributed by atoms with Crippen LogP contribution in [0.4, 0.5) is 0 Å². The number of hydrogen-bond acceptors (Lipinski definition) is 1. The number of rotatable bonds is 4. The van der Waals surface area contributed by atoms with E-state index in [0.29, 0.717) is 11.7 Å². The van der Waals surface area contributed by atoms with E-state index in [1.165, 1.54) is 0 Å². The van der Waals surface area contributed by atoms with Gasteiger partial charge in [0.25, 0.3) is 0 Å². The highest BCUT2D eigenvalue weighted by atomic mass is 35.5. The van der Waals surface area contributed by atoms with Crippen LogP contribution in [-0.2, 0) is 0 Å². The normalized spacial score (nSPS) is 11.6. The summed E-state index contributed by atoms with van der Waals surface area (Å²) < 4.78 is 0. The van der Waals surface area contributed by atoms with Crippen LogP contribution in [0.3, 0.4) is 0 Å². The molecule has 0 heterocycles. The van der Waals surface area contributed by atoms with E-state index in [4.69, 9.17) is 23.8 Å². The zero-order valence-electron chi connectivity index (χ0n) is 9.16. The van der Waals surface area contributed by atoms with Crippen LogP contribution >= 0.6 is 23.8 Å². The van der Waals surface area contributed by atoms with Crippen molar-refractivity contribution in [3.05, 3.63) is 47.5 Å². The van der Waals surface area contributed by atoms with E-state index >= 15 is 0 Å². The summed E-state index contributed by atoms with van der Waals surface area (Å²) in [4.78, 5) is 0. The molecule has 1 aromatic carbocycles. The van der Waals surface area contributed by atoms with Gasteiger partial charge in [0.2, 0.25) is 0 Å². The Kier molecular flexibility index (Phi) is 5.29. The van der Waals surface area contributed by atoms with Gasteiger partial charge in [-0.15, -0.1) is 6.58 Å². The Labute approximate surface area is 107 Å². The second kappa shape index (κ2) is 6.51. The first kappa shape index (κ1) is 13.0. The van der Waals surface area contributed by atoms with Crippen molar-refractivity contribution in [1.29, 1.82) is 0 Å². The number of nitrogens with one attached hydrogen (secondary N) is 2. The van der Waals surface area contributed by atoms with Gasteiger partial charge in [-0.25, -0.2) is 0 Å². The summed E-state index contributed by atoms with van der Waals surface area (Å²) in [6.45, 7) is 6.33. The lowest BCUT2D eigenvalue weighted by Crippen LogP contribution is -2.36. The van der Waals surface area contributed by atoms with Gasteiger partial charge in [-0.05, 0) is 36.8 Å². The SMILES string of the molecule is C=CCNC(=S)N[C@@H](C)c1ccc(Cl)cc1. The molecular weight excluding hydrogens is 240 g/mol. The first-order valence-electron chi connectivity index (χ1n) is 5.04. The summed E-state index contributed by atoms with van der Waals surface area (Å²) >= 11 is 10.9. The Bertz CT molecular complexity index is 362. The van der Waals surface area contributed by atoms with Crippen LogP contribution in [0.15, 0.2) is 36.9 Å². The predicted octanol–water partition coefficient (Wildman–Crippen LogP) is 3.05. The molecule has 0 fully saturated rings. The fraction of sp³-hybridized carbons (Fsp3) is 0.250. The Hall–Kier alpha value is -1.06. The number of halogens is 1. The van der Waals surface area contributed by atoms with E-state index in [9.17, 15) is 0 Å². The molecule has 1 rings (SSSR count). The van der Waals surface area contributed by atoms with E-state index in [1.54, 1.807) is 6.08 Å². The van der Waals surface area contributed by atoms with Crippen molar-refractivity contribution in [3.63, 3.8) is 0 Å². The molecular formula is C12H15ClN2S. The average molecular weight is 255 g/mol. The molecule has 0 aliphatic heterocycles. The highest BCUT2D eigenvalue weighted by Crippen LogP contribution is 2.15. The molecule has 0 bridgehead atoms. The largest absolute Gasteiger partial charge is 0.359 e. The third-order valence-electron chi connectivity index (χ3n) is 2.12. The highest BCUT2D eigenvalue weighted by Gasteiger charge is 2.05. The van der Waals surface area contributed by atoms with Gasteiger partial charge < -0.3 is 10.6 Å². The molecule has 2 nitrogen and oxygen atoms in total. The lowest BCUT2D eigenvalue weighted by molar-refractivity contribution is 0.705. The molecule has 0 unspecified atom stereocenters. The first-order chi connectivity index (χ1) is 7.63. The molecule has 0 aromatic heterocycles. The minimum absolute atomic E-state index is 0.155. The molecule has 0 radical (unpaired) electrons. The predicted molar refractivity (Wildman–Crippen MR) is 73.8 cm³/mol. The summed E-state index contributed by atoms with van der Waals surface area (Å²) in [5.41, 5.74) is 1.15. The van der Waals surface area contributed by atoms with Crippen LogP contribution in [0.5, 0.6) is 0 Å². The van der Waals surface area contributed by atoms with Gasteiger partial charge in [0.15, 0.2) is 5.11 Å². The van der Waals surface area contributed by atoms with Crippen molar-refractivity contribution < 1.29 is 0 Å². The molecule has 4 heteroatoms. The fourth-order valence-electron chi connectivity index (χ4n) is 1.25. The summed E-state index contributed by atoms with van der Waals surface area (Å²) in [7, 11) is 0. The van der Waals surface area contributed by atoms with Crippen molar-refractivity contribution in [2.24, 2.45) is 0 Å². The Morgan fingerprint density at radius 3 is 2.69 bits per heavy atom. The van der Waals surface area contributed by atoms with E-state index in [1.807, 2.05) is 31.2 Å². The van der Waals surface area contributed by atoms with E-state index in [2.05, 4.69) is 17.2 Å². The molecule has 0 amide bonds. The molecule has 0 aliphatic carbocycles. The standard InChI is InChI=1S/C12H15ClN2S/c1-3-8-14-12(16)15-9(2)10-4-6-11(13)7-5-10/h3-7,9H,1,8H2,2H3,(H2,14,15,16)/t9-/m0/s1. The fourth-order valence-corrected chi connectivity index (χ4v) is 1.63.